The van der Waals surface area contributed by atoms with Gasteiger partial charge in [-0.1, -0.05) is 0 Å². The fourth-order valence-electron chi connectivity index (χ4n) is 0.722. The average Bonchev–Trinajstić information content (AvgIpc) is 1.88. The van der Waals surface area contributed by atoms with E-state index in [1.165, 1.54) is 0 Å². The van der Waals surface area contributed by atoms with Gasteiger partial charge in [0.05, 0.1) is 0 Å². The molecule has 0 saturated heterocycles. The molecule has 3 nitrogen and oxygen atoms in total. The van der Waals surface area contributed by atoms with Gasteiger partial charge in [0.1, 0.15) is 5.82 Å². The molecule has 1 rings (SSSR count). The van der Waals surface area contributed by atoms with Gasteiger partial charge in [-0.3, -0.25) is 0 Å². The normalized spacial score (nSPS) is 9.60. The summed E-state index contributed by atoms with van der Waals surface area (Å²) < 4.78 is 0. The largest absolute Gasteiger partial charge is 0.384 e. The Balaban J connectivity index is 2.75. The first-order valence-electron chi connectivity index (χ1n) is 2.97. The topological polar surface area (TPSA) is 50.9 Å². The molecule has 4 heteroatoms. The SMILES string of the molecule is [B]NCc1ccnc(N)c1. The van der Waals surface area contributed by atoms with Crippen LogP contribution in [-0.4, -0.2) is 13.0 Å². The Morgan fingerprint density at radius 2 is 2.50 bits per heavy atom. The number of aromatic nitrogens is 1. The van der Waals surface area contributed by atoms with E-state index in [0.29, 0.717) is 12.4 Å². The van der Waals surface area contributed by atoms with Gasteiger partial charge in [0.15, 0.2) is 7.98 Å². The van der Waals surface area contributed by atoms with Crippen LogP contribution in [0.25, 0.3) is 0 Å². The van der Waals surface area contributed by atoms with Crippen LogP contribution >= 0.6 is 0 Å². The van der Waals surface area contributed by atoms with Crippen molar-refractivity contribution in [3.05, 3.63) is 23.9 Å². The summed E-state index contributed by atoms with van der Waals surface area (Å²) in [5.74, 6) is 0.521. The van der Waals surface area contributed by atoms with Crippen LogP contribution in [0, 0.1) is 0 Å². The van der Waals surface area contributed by atoms with Crippen LogP contribution in [0.3, 0.4) is 0 Å². The summed E-state index contributed by atoms with van der Waals surface area (Å²) >= 11 is 0. The average molecular weight is 133 g/mol. The lowest BCUT2D eigenvalue weighted by Gasteiger charge is -1.98. The van der Waals surface area contributed by atoms with Gasteiger partial charge in [-0.2, -0.15) is 0 Å². The zero-order chi connectivity index (χ0) is 7.40. The molecule has 0 amide bonds. The summed E-state index contributed by atoms with van der Waals surface area (Å²) in [5.41, 5.74) is 6.45. The van der Waals surface area contributed by atoms with E-state index in [4.69, 9.17) is 13.7 Å². The Morgan fingerprint density at radius 1 is 1.70 bits per heavy atom. The second kappa shape index (κ2) is 3.22. The van der Waals surface area contributed by atoms with E-state index in [1.54, 1.807) is 12.3 Å². The molecule has 0 aliphatic heterocycles. The van der Waals surface area contributed by atoms with E-state index in [0.717, 1.165) is 5.56 Å². The first-order valence-corrected chi connectivity index (χ1v) is 2.97. The van der Waals surface area contributed by atoms with Crippen molar-refractivity contribution in [3.63, 3.8) is 0 Å². The maximum Gasteiger partial charge on any atom is 0.178 e. The number of nitrogen functional groups attached to an aromatic ring is 1. The molecule has 3 N–H and O–H groups in total. The van der Waals surface area contributed by atoms with Crippen LogP contribution in [-0.2, 0) is 6.54 Å². The summed E-state index contributed by atoms with van der Waals surface area (Å²) in [7, 11) is 5.10. The number of hydrogen-bond donors (Lipinski definition) is 2. The molecule has 0 aliphatic rings. The lowest BCUT2D eigenvalue weighted by molar-refractivity contribution is 0.958. The number of nitrogens with two attached hydrogens (primary N) is 1. The van der Waals surface area contributed by atoms with Gasteiger partial charge in [-0.05, 0) is 17.7 Å². The molecule has 0 aliphatic carbocycles. The lowest BCUT2D eigenvalue weighted by Crippen LogP contribution is -2.07. The third kappa shape index (κ3) is 1.74. The molecule has 0 unspecified atom stereocenters. The van der Waals surface area contributed by atoms with Gasteiger partial charge in [0, 0.05) is 12.7 Å². The highest BCUT2D eigenvalue weighted by molar-refractivity contribution is 6.04. The molecule has 50 valence electrons. The van der Waals surface area contributed by atoms with Gasteiger partial charge >= 0.3 is 0 Å². The van der Waals surface area contributed by atoms with Crippen LogP contribution in [0.15, 0.2) is 18.3 Å². The van der Waals surface area contributed by atoms with Crippen molar-refractivity contribution in [1.82, 2.24) is 10.2 Å². The van der Waals surface area contributed by atoms with Crippen molar-refractivity contribution in [1.29, 1.82) is 0 Å². The predicted octanol–water partition coefficient (Wildman–Crippen LogP) is -0.163. The fraction of sp³-hybridized carbons (Fsp3) is 0.167. The Kier molecular flexibility index (Phi) is 2.28. The van der Waals surface area contributed by atoms with Gasteiger partial charge in [-0.25, -0.2) is 4.98 Å². The predicted molar refractivity (Wildman–Crippen MR) is 41.2 cm³/mol. The summed E-state index contributed by atoms with van der Waals surface area (Å²) in [4.78, 5) is 3.83. The summed E-state index contributed by atoms with van der Waals surface area (Å²) in [6.07, 6.45) is 1.65. The minimum absolute atomic E-state index is 0.521. The minimum atomic E-state index is 0.521. The standard InChI is InChI=1S/C6H8BN3/c7-10-4-5-1-2-9-6(8)3-5/h1-3,10H,4H2,(H2,8,9). The second-order valence-corrected chi connectivity index (χ2v) is 1.97. The molecular formula is C6H8BN3. The monoisotopic (exact) mass is 133 g/mol. The maximum atomic E-state index is 5.41. The molecule has 0 atom stereocenters. The Morgan fingerprint density at radius 3 is 3.10 bits per heavy atom. The van der Waals surface area contributed by atoms with Crippen molar-refractivity contribution in [2.75, 3.05) is 5.73 Å². The zero-order valence-corrected chi connectivity index (χ0v) is 5.54. The number of rotatable bonds is 2. The zero-order valence-electron chi connectivity index (χ0n) is 5.54. The number of anilines is 1. The van der Waals surface area contributed by atoms with Crippen LogP contribution in [0.2, 0.25) is 0 Å². The van der Waals surface area contributed by atoms with Gasteiger partial charge < -0.3 is 11.0 Å². The van der Waals surface area contributed by atoms with E-state index in [-0.39, 0.29) is 0 Å². The van der Waals surface area contributed by atoms with Gasteiger partial charge in [-0.15, -0.1) is 0 Å². The highest BCUT2D eigenvalue weighted by Gasteiger charge is 1.89. The number of hydrogen-bond acceptors (Lipinski definition) is 3. The molecule has 0 bridgehead atoms. The van der Waals surface area contributed by atoms with Crippen molar-refractivity contribution >= 4 is 13.8 Å². The number of nitrogens with zero attached hydrogens (tertiary/aromatic N) is 1. The summed E-state index contributed by atoms with van der Waals surface area (Å²) in [5, 5.41) is 2.53. The highest BCUT2D eigenvalue weighted by Crippen LogP contribution is 2.01. The van der Waals surface area contributed by atoms with Gasteiger partial charge in [0.2, 0.25) is 0 Å². The van der Waals surface area contributed by atoms with Gasteiger partial charge in [0.25, 0.3) is 0 Å². The van der Waals surface area contributed by atoms with E-state index >= 15 is 0 Å². The highest BCUT2D eigenvalue weighted by atomic mass is 14.8. The second-order valence-electron chi connectivity index (χ2n) is 1.97. The van der Waals surface area contributed by atoms with E-state index in [9.17, 15) is 0 Å². The molecule has 2 radical (unpaired) electrons. The van der Waals surface area contributed by atoms with E-state index in [1.807, 2.05) is 6.07 Å². The summed E-state index contributed by atoms with van der Waals surface area (Å²) in [6.45, 7) is 0.618. The van der Waals surface area contributed by atoms with Crippen LogP contribution in [0.5, 0.6) is 0 Å². The summed E-state index contributed by atoms with van der Waals surface area (Å²) in [6, 6.07) is 3.64. The van der Waals surface area contributed by atoms with Crippen molar-refractivity contribution in [2.24, 2.45) is 0 Å². The first-order chi connectivity index (χ1) is 4.83. The molecule has 1 aromatic heterocycles. The maximum absolute atomic E-state index is 5.41. The van der Waals surface area contributed by atoms with E-state index < -0.39 is 0 Å². The Labute approximate surface area is 61.1 Å². The van der Waals surface area contributed by atoms with E-state index in [2.05, 4.69) is 10.2 Å². The smallest absolute Gasteiger partial charge is 0.178 e. The Bertz CT molecular complexity index is 214. The molecule has 1 aromatic rings. The quantitative estimate of drug-likeness (QED) is 0.551. The Hall–Kier alpha value is -1.03. The first kappa shape index (κ1) is 7.09. The van der Waals surface area contributed by atoms with Crippen LogP contribution in [0.1, 0.15) is 5.56 Å². The molecule has 0 spiro atoms. The third-order valence-corrected chi connectivity index (χ3v) is 1.15. The van der Waals surface area contributed by atoms with Crippen molar-refractivity contribution in [2.45, 2.75) is 6.54 Å². The number of nitrogens with one attached hydrogen (secondary N) is 1. The molecular weight excluding hydrogens is 125 g/mol. The number of pyridine rings is 1. The molecule has 0 saturated carbocycles. The lowest BCUT2D eigenvalue weighted by atomic mass is 10.2. The van der Waals surface area contributed by atoms with Crippen molar-refractivity contribution < 1.29 is 0 Å². The molecule has 1 heterocycles. The fourth-order valence-corrected chi connectivity index (χ4v) is 0.722. The minimum Gasteiger partial charge on any atom is -0.384 e. The van der Waals surface area contributed by atoms with Crippen LogP contribution < -0.4 is 11.0 Å². The third-order valence-electron chi connectivity index (χ3n) is 1.15. The van der Waals surface area contributed by atoms with Crippen molar-refractivity contribution in [3.8, 4) is 0 Å². The molecule has 0 aromatic carbocycles. The molecule has 10 heavy (non-hydrogen) atoms. The molecule has 0 fully saturated rings. The van der Waals surface area contributed by atoms with Crippen LogP contribution in [0.4, 0.5) is 5.82 Å².